The molecule has 4 N–H and O–H groups in total. The summed E-state index contributed by atoms with van der Waals surface area (Å²) >= 11 is 0. The molecule has 1 saturated heterocycles. The molecule has 0 aliphatic carbocycles. The van der Waals surface area contributed by atoms with E-state index in [2.05, 4.69) is 9.51 Å². The zero-order chi connectivity index (χ0) is 14.0. The second-order valence-electron chi connectivity index (χ2n) is 3.64. The van der Waals surface area contributed by atoms with Crippen molar-refractivity contribution >= 4 is 13.6 Å². The molecule has 0 aromatic carbocycles. The number of aliphatic hydroxyl groups is 1. The molecule has 0 radical (unpaired) electrons. The fourth-order valence-corrected chi connectivity index (χ4v) is 2.26. The Hall–Kier alpha value is -1.29. The van der Waals surface area contributed by atoms with E-state index in [1.165, 1.54) is 12.3 Å². The topological polar surface area (TPSA) is 146 Å². The molecule has 2 heterocycles. The summed E-state index contributed by atoms with van der Waals surface area (Å²) in [6.07, 6.45) is -1.21. The van der Waals surface area contributed by atoms with Crippen molar-refractivity contribution in [3.63, 3.8) is 0 Å². The van der Waals surface area contributed by atoms with Gasteiger partial charge in [-0.2, -0.15) is 4.98 Å². The standard InChI is InChI=1S/C8H12N3O7P/c9-6-1-2-11(8(13)10-6)7-5(3-12)16-4-17-19(14,15)18-7/h1-2,5,7,12H,3-4H2,(H,14,15)(H2,9,10,13)/t5?,7-/m0/s1. The van der Waals surface area contributed by atoms with Crippen LogP contribution in [0.4, 0.5) is 5.82 Å². The molecule has 1 aliphatic heterocycles. The minimum atomic E-state index is -4.39. The second kappa shape index (κ2) is 5.37. The number of phosphoric ester groups is 1. The van der Waals surface area contributed by atoms with Crippen LogP contribution in [-0.4, -0.2) is 39.1 Å². The number of anilines is 1. The Morgan fingerprint density at radius 1 is 1.63 bits per heavy atom. The van der Waals surface area contributed by atoms with Crippen LogP contribution >= 0.6 is 7.82 Å². The van der Waals surface area contributed by atoms with Crippen molar-refractivity contribution in [3.05, 3.63) is 22.7 Å². The van der Waals surface area contributed by atoms with Gasteiger partial charge in [-0.3, -0.25) is 13.6 Å². The number of nitrogens with zero attached hydrogens (tertiary/aromatic N) is 2. The number of rotatable bonds is 2. The maximum absolute atomic E-state index is 11.7. The highest BCUT2D eigenvalue weighted by molar-refractivity contribution is 7.47. The fraction of sp³-hybridized carbons (Fsp3) is 0.500. The molecule has 0 saturated carbocycles. The monoisotopic (exact) mass is 293 g/mol. The zero-order valence-corrected chi connectivity index (χ0v) is 10.5. The minimum Gasteiger partial charge on any atom is -0.393 e. The minimum absolute atomic E-state index is 0.0141. The van der Waals surface area contributed by atoms with Crippen LogP contribution in [0.15, 0.2) is 17.1 Å². The molecule has 1 fully saturated rings. The van der Waals surface area contributed by atoms with Crippen molar-refractivity contribution in [1.82, 2.24) is 9.55 Å². The first kappa shape index (κ1) is 14.1. The summed E-state index contributed by atoms with van der Waals surface area (Å²) < 4.78 is 26.6. The summed E-state index contributed by atoms with van der Waals surface area (Å²) in [5.41, 5.74) is 4.52. The average molecular weight is 293 g/mol. The van der Waals surface area contributed by atoms with E-state index in [-0.39, 0.29) is 5.82 Å². The van der Waals surface area contributed by atoms with Crippen molar-refractivity contribution in [2.45, 2.75) is 12.3 Å². The molecule has 19 heavy (non-hydrogen) atoms. The fourth-order valence-electron chi connectivity index (χ4n) is 1.49. The van der Waals surface area contributed by atoms with Gasteiger partial charge < -0.3 is 20.5 Å². The van der Waals surface area contributed by atoms with Crippen molar-refractivity contribution in [1.29, 1.82) is 0 Å². The molecular weight excluding hydrogens is 281 g/mol. The average Bonchev–Trinajstić information content (AvgIpc) is 2.47. The second-order valence-corrected chi connectivity index (χ2v) is 5.05. The Morgan fingerprint density at radius 2 is 2.37 bits per heavy atom. The van der Waals surface area contributed by atoms with Gasteiger partial charge in [-0.1, -0.05) is 0 Å². The van der Waals surface area contributed by atoms with Crippen LogP contribution in [0.3, 0.4) is 0 Å². The molecule has 1 aromatic rings. The largest absolute Gasteiger partial charge is 0.476 e. The van der Waals surface area contributed by atoms with Gasteiger partial charge >= 0.3 is 13.5 Å². The van der Waals surface area contributed by atoms with Crippen LogP contribution < -0.4 is 11.4 Å². The maximum Gasteiger partial charge on any atom is 0.476 e. The molecule has 1 aromatic heterocycles. The molecule has 0 spiro atoms. The van der Waals surface area contributed by atoms with E-state index in [4.69, 9.17) is 15.0 Å². The molecule has 11 heteroatoms. The third-order valence-electron chi connectivity index (χ3n) is 2.36. The summed E-state index contributed by atoms with van der Waals surface area (Å²) in [6.45, 7) is -1.10. The molecule has 2 unspecified atom stereocenters. The first-order valence-electron chi connectivity index (χ1n) is 5.16. The van der Waals surface area contributed by atoms with Crippen LogP contribution in [0.5, 0.6) is 0 Å². The Bertz CT molecular complexity index is 562. The summed E-state index contributed by atoms with van der Waals surface area (Å²) in [4.78, 5) is 24.5. The molecule has 10 nitrogen and oxygen atoms in total. The van der Waals surface area contributed by atoms with Gasteiger partial charge in [0, 0.05) is 6.20 Å². The van der Waals surface area contributed by atoms with Crippen molar-refractivity contribution < 1.29 is 28.3 Å². The number of nitrogen functional groups attached to an aromatic ring is 1. The van der Waals surface area contributed by atoms with Gasteiger partial charge in [0.25, 0.3) is 0 Å². The van der Waals surface area contributed by atoms with Gasteiger partial charge in [-0.05, 0) is 6.07 Å². The van der Waals surface area contributed by atoms with E-state index in [1.807, 2.05) is 0 Å². The van der Waals surface area contributed by atoms with E-state index < -0.39 is 39.2 Å². The first-order chi connectivity index (χ1) is 8.93. The normalized spacial score (nSPS) is 31.9. The lowest BCUT2D eigenvalue weighted by Crippen LogP contribution is -2.37. The smallest absolute Gasteiger partial charge is 0.393 e. The lowest BCUT2D eigenvalue weighted by atomic mass is 10.3. The highest BCUT2D eigenvalue weighted by atomic mass is 31.2. The molecule has 0 amide bonds. The van der Waals surface area contributed by atoms with E-state index in [1.54, 1.807) is 0 Å². The Balaban J connectivity index is 2.42. The number of ether oxygens (including phenoxy) is 1. The van der Waals surface area contributed by atoms with Crippen LogP contribution in [-0.2, 0) is 18.3 Å². The third-order valence-corrected chi connectivity index (χ3v) is 3.28. The zero-order valence-electron chi connectivity index (χ0n) is 9.58. The molecular formula is C8H12N3O7P. The Morgan fingerprint density at radius 3 is 3.00 bits per heavy atom. The molecule has 3 atom stereocenters. The predicted molar refractivity (Wildman–Crippen MR) is 60.8 cm³/mol. The quantitative estimate of drug-likeness (QED) is 0.572. The first-order valence-corrected chi connectivity index (χ1v) is 6.65. The van der Waals surface area contributed by atoms with E-state index >= 15 is 0 Å². The van der Waals surface area contributed by atoms with Gasteiger partial charge in [0.15, 0.2) is 13.0 Å². The highest BCUT2D eigenvalue weighted by Gasteiger charge is 2.37. The lowest BCUT2D eigenvalue weighted by molar-refractivity contribution is -0.0924. The van der Waals surface area contributed by atoms with E-state index in [9.17, 15) is 19.4 Å². The molecule has 2 rings (SSSR count). The van der Waals surface area contributed by atoms with Crippen LogP contribution in [0.1, 0.15) is 6.23 Å². The van der Waals surface area contributed by atoms with Crippen LogP contribution in [0.25, 0.3) is 0 Å². The molecule has 1 aliphatic rings. The van der Waals surface area contributed by atoms with Gasteiger partial charge in [0.2, 0.25) is 0 Å². The van der Waals surface area contributed by atoms with Gasteiger partial charge in [0.1, 0.15) is 11.9 Å². The van der Waals surface area contributed by atoms with E-state index in [0.717, 1.165) is 4.57 Å². The SMILES string of the molecule is Nc1ccn([C@H]2OP(=O)(O)OCOC2CO)c(=O)n1. The lowest BCUT2D eigenvalue weighted by Gasteiger charge is -2.23. The van der Waals surface area contributed by atoms with Gasteiger partial charge in [-0.15, -0.1) is 0 Å². The predicted octanol–water partition coefficient (Wildman–Crippen LogP) is -1.19. The third kappa shape index (κ3) is 3.18. The number of hydrogen-bond donors (Lipinski definition) is 3. The van der Waals surface area contributed by atoms with E-state index in [0.29, 0.717) is 0 Å². The Kier molecular flexibility index (Phi) is 3.99. The molecule has 0 bridgehead atoms. The van der Waals surface area contributed by atoms with Gasteiger partial charge in [0.05, 0.1) is 6.61 Å². The van der Waals surface area contributed by atoms with Gasteiger partial charge in [-0.25, -0.2) is 9.36 Å². The summed E-state index contributed by atoms with van der Waals surface area (Å²) in [5, 5.41) is 9.17. The number of phosphoric acid groups is 1. The van der Waals surface area contributed by atoms with Crippen LogP contribution in [0.2, 0.25) is 0 Å². The highest BCUT2D eigenvalue weighted by Crippen LogP contribution is 2.49. The van der Waals surface area contributed by atoms with Crippen molar-refractivity contribution in [3.8, 4) is 0 Å². The van der Waals surface area contributed by atoms with Crippen molar-refractivity contribution in [2.24, 2.45) is 0 Å². The summed E-state index contributed by atoms with van der Waals surface area (Å²) in [7, 11) is -4.39. The number of nitrogens with two attached hydrogens (primary N) is 1. The summed E-state index contributed by atoms with van der Waals surface area (Å²) in [5.74, 6) is -0.0141. The molecule has 106 valence electrons. The van der Waals surface area contributed by atoms with Crippen LogP contribution in [0, 0.1) is 0 Å². The number of aliphatic hydroxyl groups excluding tert-OH is 1. The Labute approximate surface area is 107 Å². The summed E-state index contributed by atoms with van der Waals surface area (Å²) in [6, 6.07) is 1.30. The number of hydrogen-bond acceptors (Lipinski definition) is 8. The van der Waals surface area contributed by atoms with Crippen molar-refractivity contribution in [2.75, 3.05) is 19.1 Å². The number of aromatic nitrogens is 2. The maximum atomic E-state index is 11.7.